The molecule has 1 saturated carbocycles. The van der Waals surface area contributed by atoms with Gasteiger partial charge in [-0.3, -0.25) is 0 Å². The smallest absolute Gasteiger partial charge is 0.490 e. The van der Waals surface area contributed by atoms with Crippen LogP contribution in [0.5, 0.6) is 5.75 Å². The summed E-state index contributed by atoms with van der Waals surface area (Å²) in [7, 11) is -8.07. The van der Waals surface area contributed by atoms with Crippen molar-refractivity contribution in [3.05, 3.63) is 143 Å². The maximum absolute atomic E-state index is 13.2. The third kappa shape index (κ3) is 25.5. The molecule has 1 aliphatic carbocycles. The molecule has 3 aromatic carbocycles. The number of carbonyl (C=O) groups is 2. The van der Waals surface area contributed by atoms with Crippen molar-refractivity contribution in [2.24, 2.45) is 11.8 Å². The molecule has 0 aliphatic heterocycles. The molecular weight excluding hydrogens is 1570 g/mol. The number of hydrogen-bond acceptors (Lipinski definition) is 15. The van der Waals surface area contributed by atoms with Gasteiger partial charge in [0, 0.05) is 39.7 Å². The van der Waals surface area contributed by atoms with Gasteiger partial charge < -0.3 is 49.0 Å². The first kappa shape index (κ1) is 102. The predicted octanol–water partition coefficient (Wildman–Crippen LogP) is 12.6. The quantitative estimate of drug-likeness (QED) is 0.0299. The molecule has 606 valence electrons. The van der Waals surface area contributed by atoms with E-state index in [1.807, 2.05) is 0 Å². The third-order valence-corrected chi connectivity index (χ3v) is 17.7. The van der Waals surface area contributed by atoms with E-state index in [4.69, 9.17) is 14.9 Å². The molecule has 46 heteroatoms. The Balaban J connectivity index is 0. The molecule has 0 spiro atoms. The minimum Gasteiger partial charge on any atom is -0.490 e. The molecule has 0 radical (unpaired) electrons. The first-order chi connectivity index (χ1) is 46.6. The van der Waals surface area contributed by atoms with Crippen molar-refractivity contribution >= 4 is 50.2 Å². The largest absolute Gasteiger partial charge is 1.00 e. The van der Waals surface area contributed by atoms with Gasteiger partial charge in [-0.15, -0.1) is 0 Å². The summed E-state index contributed by atoms with van der Waals surface area (Å²) < 4.78 is 408. The number of rotatable bonds is 18. The maximum Gasteiger partial charge on any atom is 1.00 e. The molecule has 3 aromatic rings. The molecule has 4 rings (SSSR count). The molecule has 0 heterocycles. The number of ether oxygens (including phenoxy) is 3. The van der Waals surface area contributed by atoms with E-state index >= 15 is 0 Å². The van der Waals surface area contributed by atoms with E-state index in [-0.39, 0.29) is 61.1 Å². The summed E-state index contributed by atoms with van der Waals surface area (Å²) in [5.74, 6) is -7.54. The van der Waals surface area contributed by atoms with Crippen molar-refractivity contribution < 1.29 is 209 Å². The summed E-state index contributed by atoms with van der Waals surface area (Å²) in [5, 5.41) is 56.5. The number of benzene rings is 3. The van der Waals surface area contributed by atoms with E-state index in [2.05, 4.69) is 46.5 Å². The minimum atomic E-state index is -6.29. The Hall–Kier alpha value is -6.57. The molecule has 6 atom stereocenters. The van der Waals surface area contributed by atoms with Crippen LogP contribution in [0, 0.1) is 11.8 Å². The van der Waals surface area contributed by atoms with E-state index in [1.165, 1.54) is 36.4 Å². The zero-order valence-corrected chi connectivity index (χ0v) is 58.1. The van der Waals surface area contributed by atoms with Crippen LogP contribution in [0.4, 0.5) is 119 Å². The Labute approximate surface area is 603 Å². The van der Waals surface area contributed by atoms with Gasteiger partial charge in [-0.05, 0) is 132 Å². The van der Waals surface area contributed by atoms with Crippen LogP contribution in [0.3, 0.4) is 0 Å². The van der Waals surface area contributed by atoms with Crippen LogP contribution >= 0.6 is 0 Å². The molecule has 0 amide bonds. The number of nitrogens with zero attached hydrogens (tertiary/aromatic N) is 1. The molecule has 16 nitrogen and oxygen atoms in total. The number of carbonyl (C=O) groups excluding carboxylic acids is 2. The number of sulfonamides is 2. The van der Waals surface area contributed by atoms with E-state index in [0.717, 1.165) is 31.2 Å². The fourth-order valence-corrected chi connectivity index (χ4v) is 10.7. The average molecular weight is 1640 g/mol. The second kappa shape index (κ2) is 35.2. The molecule has 0 saturated heterocycles. The molecular formula is C61H65F27LiNO15S2. The van der Waals surface area contributed by atoms with Gasteiger partial charge in [0.15, 0.2) is 22.4 Å². The molecule has 107 heavy (non-hydrogen) atoms. The van der Waals surface area contributed by atoms with Gasteiger partial charge in [0.05, 0.1) is 10.0 Å². The minimum absolute atomic E-state index is 0. The van der Waals surface area contributed by atoms with Gasteiger partial charge >= 0.3 is 86.4 Å². The van der Waals surface area contributed by atoms with Gasteiger partial charge in [-0.1, -0.05) is 75.4 Å². The Morgan fingerprint density at radius 3 is 1.19 bits per heavy atom. The zero-order valence-electron chi connectivity index (χ0n) is 56.5. The van der Waals surface area contributed by atoms with Gasteiger partial charge in [0.2, 0.25) is 0 Å². The Morgan fingerprint density at radius 1 is 0.495 bits per heavy atom. The van der Waals surface area contributed by atoms with Crippen molar-refractivity contribution in [3.8, 4) is 5.75 Å². The first-order valence-electron chi connectivity index (χ1n) is 28.4. The summed E-state index contributed by atoms with van der Waals surface area (Å²) in [6.07, 6.45) is -53.7. The van der Waals surface area contributed by atoms with E-state index < -0.39 is 193 Å². The van der Waals surface area contributed by atoms with Crippen LogP contribution in [-0.4, -0.2) is 162 Å². The van der Waals surface area contributed by atoms with E-state index in [0.29, 0.717) is 32.9 Å². The molecule has 0 aromatic heterocycles. The van der Waals surface area contributed by atoms with Crippen LogP contribution in [0.25, 0.3) is 22.4 Å². The van der Waals surface area contributed by atoms with Gasteiger partial charge in [0.25, 0.3) is 16.8 Å². The summed E-state index contributed by atoms with van der Waals surface area (Å²) in [6.45, 7) is 19.3. The van der Waals surface area contributed by atoms with Gasteiger partial charge in [-0.2, -0.15) is 119 Å². The maximum atomic E-state index is 13.2. The average Bonchev–Trinajstić information content (AvgIpc) is 0.746. The monoisotopic (exact) mass is 1640 g/mol. The molecule has 6 unspecified atom stereocenters. The number of esters is 2. The van der Waals surface area contributed by atoms with Crippen LogP contribution in [0.1, 0.15) is 95.5 Å². The Kier molecular flexibility index (Phi) is 33.7. The Bertz CT molecular complexity index is 3740. The second-order valence-corrected chi connectivity index (χ2v) is 27.4. The van der Waals surface area contributed by atoms with Crippen molar-refractivity contribution in [2.45, 2.75) is 174 Å². The topological polar surface area (TPSA) is 266 Å². The summed E-state index contributed by atoms with van der Waals surface area (Å²) in [6, 6.07) is 12.4. The number of halogens is 27. The van der Waals surface area contributed by atoms with Crippen molar-refractivity contribution in [2.75, 3.05) is 12.9 Å². The standard InChI is InChI=1S/C16H19F9O4.C14H11F9O2.C12H13F3O2.C10H12F6O3.C9H10NO4S2.Li/c1-7(2)11(26)29-10-5-8(12(3,27)14(17,18)19)4-9(6-10)13(28,15(20,21)22)16(23,24)25;1-3-7-4-8(10(2,24)12(15,16)17)6-9(5-7)11(25,13(18,19)20)14(21,22)23;1-3-9-4-6-10(7-5-9)17-8-11(2,16)12(13,14)15;1-5(2)6(17)19-7(3,4)8(18,9(11,12)13)10(14,15)16;1-3-8-4-6-9(7-5-8)16(13,14)10-15(2,11)12;/h8-10,27-28H,1,4-6H2,2-3H3;3-6,24-25H,1H2,2H3;3-7,16H,1,8H2,2H3;18H,1H2,2-4H3;3-7H,1H2,2H3;/q;;;;-1;+1. The third-order valence-electron chi connectivity index (χ3n) is 14.9. The normalized spacial score (nSPS) is 17.8. The second-order valence-electron chi connectivity index (χ2n) is 23.9. The molecule has 1 aliphatic rings. The fraction of sp³-hybridized carbons (Fsp3) is 0.508. The van der Waals surface area contributed by atoms with Gasteiger partial charge in [-0.25, -0.2) is 26.4 Å². The predicted molar refractivity (Wildman–Crippen MR) is 320 cm³/mol. The summed E-state index contributed by atoms with van der Waals surface area (Å²) >= 11 is 0. The van der Waals surface area contributed by atoms with Crippen molar-refractivity contribution in [1.29, 1.82) is 0 Å². The molecule has 0 bridgehead atoms. The number of hydrogen-bond donors (Lipinski definition) is 6. The van der Waals surface area contributed by atoms with Crippen molar-refractivity contribution in [3.63, 3.8) is 0 Å². The zero-order chi connectivity index (χ0) is 84.6. The summed E-state index contributed by atoms with van der Waals surface area (Å²) in [4.78, 5) is 22.5. The van der Waals surface area contributed by atoms with Crippen LogP contribution in [0.15, 0.2) is 116 Å². The number of aliphatic hydroxyl groups is 6. The summed E-state index contributed by atoms with van der Waals surface area (Å²) in [5.41, 5.74) is -32.6. The first-order valence-corrected chi connectivity index (χ1v) is 31.7. The van der Waals surface area contributed by atoms with E-state index in [1.54, 1.807) is 24.3 Å². The van der Waals surface area contributed by atoms with Crippen molar-refractivity contribution in [1.82, 2.24) is 0 Å². The SMILES string of the molecule is C=C(C)C(=O)OC(C)(C)C(O)(C(F)(F)F)C(F)(F)F.C=C(C)C(=O)OC1CC(C(C)(O)C(F)(F)F)CC(C(O)(C(F)(F)F)C(F)(F)F)C1.C=Cc1cc(C(C)(O)C(F)(F)F)cc(C(O)(C(F)(F)F)C(F)(F)F)c1.C=Cc1ccc(OCC(C)(O)C(F)(F)F)cc1.C=Cc1ccc(S(=O)(=O)[N-]S(C)(=O)=O)cc1.[Li+]. The molecule has 1 fully saturated rings. The Morgan fingerprint density at radius 2 is 0.869 bits per heavy atom. The fourth-order valence-electron chi connectivity index (χ4n) is 8.42. The number of alkyl halides is 27. The van der Waals surface area contributed by atoms with Crippen LogP contribution in [-0.2, 0) is 50.3 Å². The van der Waals surface area contributed by atoms with E-state index in [9.17, 15) is 165 Å². The van der Waals surface area contributed by atoms with Crippen LogP contribution < -0.4 is 23.6 Å². The van der Waals surface area contributed by atoms with Crippen LogP contribution in [0.2, 0.25) is 0 Å². The van der Waals surface area contributed by atoms with Gasteiger partial charge in [0.1, 0.15) is 28.5 Å². The molecule has 6 N–H and O–H groups in total.